The molecular formula is C63H60N6. The van der Waals surface area contributed by atoms with Crippen LogP contribution in [0.3, 0.4) is 0 Å². The third-order valence-corrected chi connectivity index (χ3v) is 14.6. The van der Waals surface area contributed by atoms with E-state index in [-0.39, 0.29) is 0 Å². The van der Waals surface area contributed by atoms with E-state index in [9.17, 15) is 15.8 Å². The van der Waals surface area contributed by atoms with Gasteiger partial charge in [-0.3, -0.25) is 0 Å². The van der Waals surface area contributed by atoms with Gasteiger partial charge in [0.1, 0.15) is 0 Å². The van der Waals surface area contributed by atoms with E-state index in [1.165, 1.54) is 123 Å². The minimum atomic E-state index is 0.659. The molecule has 0 aliphatic carbocycles. The molecule has 3 aromatic heterocycles. The lowest BCUT2D eigenvalue weighted by Gasteiger charge is -2.13. The van der Waals surface area contributed by atoms with Crippen LogP contribution in [-0.4, -0.2) is 13.7 Å². The first-order valence-electron chi connectivity index (χ1n) is 25.5. The lowest BCUT2D eigenvalue weighted by molar-refractivity contribution is 0.600. The van der Waals surface area contributed by atoms with Crippen LogP contribution in [-0.2, 0) is 19.6 Å². The number of hydrogen-bond donors (Lipinski definition) is 0. The Morgan fingerprint density at radius 3 is 0.826 bits per heavy atom. The molecule has 0 saturated heterocycles. The smallest absolute Gasteiger partial charge is 0.0991 e. The van der Waals surface area contributed by atoms with E-state index < -0.39 is 0 Å². The van der Waals surface area contributed by atoms with Crippen LogP contribution >= 0.6 is 0 Å². The fourth-order valence-electron chi connectivity index (χ4n) is 11.1. The highest BCUT2D eigenvalue weighted by Crippen LogP contribution is 2.50. The SMILES string of the molecule is CCCCCCn1c2ccc(-c3ccc(C#N)cc3)cc2c2c1c1c3cc(-c4ccc(C#N)cc4)ccc3n(CCCCCC)c1c1c3cc(-c4ccc(C#N)cc4)ccc3n(CCCCCC)c21. The number of aromatic nitrogens is 3. The lowest BCUT2D eigenvalue weighted by Crippen LogP contribution is -2.01. The van der Waals surface area contributed by atoms with Crippen molar-refractivity contribution in [3.05, 3.63) is 144 Å². The first-order chi connectivity index (χ1) is 34.0. The predicted molar refractivity (Wildman–Crippen MR) is 288 cm³/mol. The molecule has 10 rings (SSSR count). The minimum absolute atomic E-state index is 0.659. The van der Waals surface area contributed by atoms with E-state index in [4.69, 9.17) is 0 Å². The van der Waals surface area contributed by atoms with Gasteiger partial charge in [-0.25, -0.2) is 0 Å². The summed E-state index contributed by atoms with van der Waals surface area (Å²) in [5.41, 5.74) is 16.4. The van der Waals surface area contributed by atoms with Crippen LogP contribution in [0.5, 0.6) is 0 Å². The van der Waals surface area contributed by atoms with E-state index in [0.29, 0.717) is 16.7 Å². The fraction of sp³-hybridized carbons (Fsp3) is 0.286. The summed E-state index contributed by atoms with van der Waals surface area (Å²) in [7, 11) is 0. The average molecular weight is 901 g/mol. The minimum Gasteiger partial charge on any atom is -0.340 e. The summed E-state index contributed by atoms with van der Waals surface area (Å²) >= 11 is 0. The summed E-state index contributed by atoms with van der Waals surface area (Å²) < 4.78 is 8.05. The van der Waals surface area contributed by atoms with E-state index in [2.05, 4.69) is 144 Å². The van der Waals surface area contributed by atoms with Gasteiger partial charge in [-0.2, -0.15) is 15.8 Å². The van der Waals surface area contributed by atoms with E-state index in [1.807, 2.05) is 36.4 Å². The molecule has 0 saturated carbocycles. The quantitative estimate of drug-likeness (QED) is 0.0804. The monoisotopic (exact) mass is 900 g/mol. The molecule has 3 heterocycles. The Balaban J connectivity index is 1.41. The maximum Gasteiger partial charge on any atom is 0.0991 e. The highest BCUT2D eigenvalue weighted by Gasteiger charge is 2.28. The van der Waals surface area contributed by atoms with E-state index >= 15 is 0 Å². The van der Waals surface area contributed by atoms with Gasteiger partial charge in [-0.1, -0.05) is 133 Å². The predicted octanol–water partition coefficient (Wildman–Crippen LogP) is 17.4. The molecule has 0 aliphatic rings. The highest BCUT2D eigenvalue weighted by atomic mass is 15.0. The summed E-state index contributed by atoms with van der Waals surface area (Å²) in [4.78, 5) is 0. The van der Waals surface area contributed by atoms with Crippen molar-refractivity contribution in [1.29, 1.82) is 15.8 Å². The second-order valence-corrected chi connectivity index (χ2v) is 19.1. The van der Waals surface area contributed by atoms with Crippen LogP contribution in [0.25, 0.3) is 98.8 Å². The third kappa shape index (κ3) is 8.32. The number of nitrogens with zero attached hydrogens (tertiary/aromatic N) is 6. The molecule has 0 bridgehead atoms. The third-order valence-electron chi connectivity index (χ3n) is 14.6. The summed E-state index contributed by atoms with van der Waals surface area (Å²) in [6, 6.07) is 52.3. The Hall–Kier alpha value is -7.59. The Morgan fingerprint density at radius 2 is 0.580 bits per heavy atom. The highest BCUT2D eigenvalue weighted by molar-refractivity contribution is 6.40. The van der Waals surface area contributed by atoms with E-state index in [0.717, 1.165) is 72.3 Å². The van der Waals surface area contributed by atoms with Crippen LogP contribution in [0, 0.1) is 34.0 Å². The number of hydrogen-bond acceptors (Lipinski definition) is 3. The number of benzene rings is 7. The molecule has 0 atom stereocenters. The molecule has 342 valence electrons. The zero-order valence-electron chi connectivity index (χ0n) is 40.4. The number of nitriles is 3. The van der Waals surface area contributed by atoms with Gasteiger partial charge in [-0.05, 0) is 125 Å². The Morgan fingerprint density at radius 1 is 0.319 bits per heavy atom. The maximum absolute atomic E-state index is 9.71. The van der Waals surface area contributed by atoms with Gasteiger partial charge in [0, 0.05) is 68.5 Å². The normalized spacial score (nSPS) is 11.7. The zero-order valence-corrected chi connectivity index (χ0v) is 40.4. The zero-order chi connectivity index (χ0) is 47.4. The topological polar surface area (TPSA) is 86.2 Å². The number of aryl methyl sites for hydroxylation is 3. The van der Waals surface area contributed by atoms with Crippen molar-refractivity contribution in [2.24, 2.45) is 0 Å². The van der Waals surface area contributed by atoms with Gasteiger partial charge in [0.05, 0.1) is 51.4 Å². The molecule has 0 aliphatic heterocycles. The summed E-state index contributed by atoms with van der Waals surface area (Å²) in [5, 5.41) is 36.8. The standard InChI is InChI=1S/C63H60N6/c1-4-7-10-13-34-67-55-31-28-49(46-22-16-43(40-64)17-23-46)37-52(55)58-61(67)59-53-38-50(47-24-18-44(41-65)19-25-47)29-32-56(53)68(35-14-11-8-5-2)63(59)60-54-39-51(48-26-20-45(42-66)21-27-48)30-33-57(54)69(62(58)60)36-15-12-9-6-3/h16-33,37-39H,4-15,34-36H2,1-3H3. The van der Waals surface area contributed by atoms with Gasteiger partial charge >= 0.3 is 0 Å². The van der Waals surface area contributed by atoms with Crippen LogP contribution < -0.4 is 0 Å². The molecule has 0 amide bonds. The van der Waals surface area contributed by atoms with Crippen molar-refractivity contribution in [2.45, 2.75) is 117 Å². The maximum atomic E-state index is 9.71. The first-order valence-corrected chi connectivity index (χ1v) is 25.5. The Bertz CT molecular complexity index is 3220. The average Bonchev–Trinajstić information content (AvgIpc) is 4.02. The molecule has 0 fully saturated rings. The van der Waals surface area contributed by atoms with Gasteiger partial charge in [0.2, 0.25) is 0 Å². The molecule has 6 nitrogen and oxygen atoms in total. The van der Waals surface area contributed by atoms with Gasteiger partial charge in [-0.15, -0.1) is 0 Å². The Labute approximate surface area is 406 Å². The fourth-order valence-corrected chi connectivity index (χ4v) is 11.1. The number of rotatable bonds is 18. The van der Waals surface area contributed by atoms with Crippen molar-refractivity contribution >= 4 is 65.4 Å². The Kier molecular flexibility index (Phi) is 13.1. The second kappa shape index (κ2) is 19.9. The number of fused-ring (bicyclic) bond motifs is 12. The largest absolute Gasteiger partial charge is 0.340 e. The van der Waals surface area contributed by atoms with Crippen molar-refractivity contribution in [1.82, 2.24) is 13.7 Å². The molecule has 0 radical (unpaired) electrons. The van der Waals surface area contributed by atoms with Gasteiger partial charge < -0.3 is 13.7 Å². The molecule has 0 N–H and O–H groups in total. The molecule has 0 spiro atoms. The van der Waals surface area contributed by atoms with Crippen molar-refractivity contribution in [3.63, 3.8) is 0 Å². The van der Waals surface area contributed by atoms with Gasteiger partial charge in [0.25, 0.3) is 0 Å². The van der Waals surface area contributed by atoms with Gasteiger partial charge in [0.15, 0.2) is 0 Å². The molecule has 10 aromatic rings. The second-order valence-electron chi connectivity index (χ2n) is 19.1. The molecular weight excluding hydrogens is 841 g/mol. The lowest BCUT2D eigenvalue weighted by atomic mass is 9.97. The van der Waals surface area contributed by atoms with Crippen LogP contribution in [0.2, 0.25) is 0 Å². The van der Waals surface area contributed by atoms with Crippen LogP contribution in [0.4, 0.5) is 0 Å². The van der Waals surface area contributed by atoms with Crippen molar-refractivity contribution < 1.29 is 0 Å². The van der Waals surface area contributed by atoms with Crippen molar-refractivity contribution in [3.8, 4) is 51.6 Å². The summed E-state index contributed by atoms with van der Waals surface area (Å²) in [6.45, 7) is 9.60. The summed E-state index contributed by atoms with van der Waals surface area (Å²) in [6.07, 6.45) is 13.9. The molecule has 6 heteroatoms. The van der Waals surface area contributed by atoms with Crippen LogP contribution in [0.1, 0.15) is 115 Å². The first kappa shape index (κ1) is 45.2. The molecule has 0 unspecified atom stereocenters. The molecule has 7 aromatic carbocycles. The number of unbranched alkanes of at least 4 members (excludes halogenated alkanes) is 9. The van der Waals surface area contributed by atoms with E-state index in [1.54, 1.807) is 0 Å². The summed E-state index contributed by atoms with van der Waals surface area (Å²) in [5.74, 6) is 0. The molecule has 69 heavy (non-hydrogen) atoms. The van der Waals surface area contributed by atoms with Crippen LogP contribution in [0.15, 0.2) is 127 Å². The van der Waals surface area contributed by atoms with Crippen molar-refractivity contribution in [2.75, 3.05) is 0 Å².